The van der Waals surface area contributed by atoms with E-state index < -0.39 is 0 Å². The number of methoxy groups -OCH3 is 2. The first-order valence-electron chi connectivity index (χ1n) is 6.59. The third-order valence-electron chi connectivity index (χ3n) is 3.59. The molecule has 1 N–H and O–H groups in total. The molecule has 4 nitrogen and oxygen atoms in total. The SMILES string of the molecule is COCCCC1(CNCCOC)CCOCC1. The summed E-state index contributed by atoms with van der Waals surface area (Å²) in [5.74, 6) is 0. The Labute approximate surface area is 105 Å². The zero-order valence-electron chi connectivity index (χ0n) is 11.3. The molecule has 1 aliphatic heterocycles. The molecular formula is C13H27NO3. The van der Waals surface area contributed by atoms with Gasteiger partial charge >= 0.3 is 0 Å². The smallest absolute Gasteiger partial charge is 0.0587 e. The molecule has 0 saturated carbocycles. The Kier molecular flexibility index (Phi) is 7.77. The van der Waals surface area contributed by atoms with Gasteiger partial charge in [0.05, 0.1) is 6.61 Å². The van der Waals surface area contributed by atoms with Crippen molar-refractivity contribution in [2.45, 2.75) is 25.7 Å². The van der Waals surface area contributed by atoms with Gasteiger partial charge in [-0.3, -0.25) is 0 Å². The van der Waals surface area contributed by atoms with Gasteiger partial charge in [-0.25, -0.2) is 0 Å². The van der Waals surface area contributed by atoms with Gasteiger partial charge in [0.2, 0.25) is 0 Å². The molecule has 4 heteroatoms. The summed E-state index contributed by atoms with van der Waals surface area (Å²) in [4.78, 5) is 0. The van der Waals surface area contributed by atoms with Crippen LogP contribution in [-0.4, -0.2) is 53.7 Å². The van der Waals surface area contributed by atoms with Crippen molar-refractivity contribution in [2.24, 2.45) is 5.41 Å². The van der Waals surface area contributed by atoms with Crippen molar-refractivity contribution < 1.29 is 14.2 Å². The molecule has 1 aliphatic rings. The largest absolute Gasteiger partial charge is 0.385 e. The van der Waals surface area contributed by atoms with Crippen LogP contribution in [-0.2, 0) is 14.2 Å². The van der Waals surface area contributed by atoms with Gasteiger partial charge in [0.15, 0.2) is 0 Å². The van der Waals surface area contributed by atoms with Gasteiger partial charge in [-0.15, -0.1) is 0 Å². The monoisotopic (exact) mass is 245 g/mol. The molecule has 0 aromatic rings. The fraction of sp³-hybridized carbons (Fsp3) is 1.00. The molecular weight excluding hydrogens is 218 g/mol. The summed E-state index contributed by atoms with van der Waals surface area (Å²) in [6.45, 7) is 5.45. The first-order chi connectivity index (χ1) is 8.33. The highest BCUT2D eigenvalue weighted by atomic mass is 16.5. The highest BCUT2D eigenvalue weighted by molar-refractivity contribution is 4.84. The second-order valence-corrected chi connectivity index (χ2v) is 4.88. The molecule has 17 heavy (non-hydrogen) atoms. The Hall–Kier alpha value is -0.160. The predicted octanol–water partition coefficient (Wildman–Crippen LogP) is 1.45. The van der Waals surface area contributed by atoms with Crippen LogP contribution in [0.4, 0.5) is 0 Å². The summed E-state index contributed by atoms with van der Waals surface area (Å²) in [5.41, 5.74) is 0.407. The maximum Gasteiger partial charge on any atom is 0.0587 e. The number of rotatable bonds is 9. The van der Waals surface area contributed by atoms with E-state index in [2.05, 4.69) is 5.32 Å². The average molecular weight is 245 g/mol. The topological polar surface area (TPSA) is 39.7 Å². The maximum atomic E-state index is 5.47. The van der Waals surface area contributed by atoms with Gasteiger partial charge in [-0.1, -0.05) is 0 Å². The minimum Gasteiger partial charge on any atom is -0.385 e. The lowest BCUT2D eigenvalue weighted by Crippen LogP contribution is -2.40. The second-order valence-electron chi connectivity index (χ2n) is 4.88. The van der Waals surface area contributed by atoms with Crippen LogP contribution in [0.1, 0.15) is 25.7 Å². The van der Waals surface area contributed by atoms with Crippen molar-refractivity contribution in [1.29, 1.82) is 0 Å². The summed E-state index contributed by atoms with van der Waals surface area (Å²) >= 11 is 0. The molecule has 0 bridgehead atoms. The van der Waals surface area contributed by atoms with Crippen molar-refractivity contribution in [1.82, 2.24) is 5.32 Å². The Morgan fingerprint density at radius 3 is 2.47 bits per heavy atom. The summed E-state index contributed by atoms with van der Waals surface area (Å²) in [7, 11) is 3.51. The fourth-order valence-electron chi connectivity index (χ4n) is 2.44. The van der Waals surface area contributed by atoms with Gasteiger partial charge in [0.1, 0.15) is 0 Å². The van der Waals surface area contributed by atoms with Gasteiger partial charge in [0, 0.05) is 47.1 Å². The first-order valence-corrected chi connectivity index (χ1v) is 6.59. The molecule has 1 fully saturated rings. The molecule has 0 radical (unpaired) electrons. The molecule has 0 aromatic carbocycles. The third-order valence-corrected chi connectivity index (χ3v) is 3.59. The Morgan fingerprint density at radius 1 is 1.12 bits per heavy atom. The average Bonchev–Trinajstić information content (AvgIpc) is 2.36. The van der Waals surface area contributed by atoms with Gasteiger partial charge in [-0.2, -0.15) is 0 Å². The van der Waals surface area contributed by atoms with E-state index in [1.54, 1.807) is 14.2 Å². The Balaban J connectivity index is 2.29. The van der Waals surface area contributed by atoms with E-state index in [0.29, 0.717) is 5.41 Å². The predicted molar refractivity (Wildman–Crippen MR) is 68.3 cm³/mol. The van der Waals surface area contributed by atoms with E-state index in [1.165, 1.54) is 6.42 Å². The van der Waals surface area contributed by atoms with Crippen LogP contribution < -0.4 is 5.32 Å². The molecule has 1 saturated heterocycles. The lowest BCUT2D eigenvalue weighted by molar-refractivity contribution is 0.00573. The summed E-state index contributed by atoms with van der Waals surface area (Å²) in [6.07, 6.45) is 4.69. The van der Waals surface area contributed by atoms with Crippen molar-refractivity contribution in [3.05, 3.63) is 0 Å². The summed E-state index contributed by atoms with van der Waals surface area (Å²) in [5, 5.41) is 3.50. The zero-order chi connectivity index (χ0) is 12.4. The summed E-state index contributed by atoms with van der Waals surface area (Å²) < 4.78 is 15.7. The van der Waals surface area contributed by atoms with Crippen LogP contribution in [0.2, 0.25) is 0 Å². The highest BCUT2D eigenvalue weighted by Crippen LogP contribution is 2.34. The quantitative estimate of drug-likeness (QED) is 0.624. The lowest BCUT2D eigenvalue weighted by Gasteiger charge is -2.37. The lowest BCUT2D eigenvalue weighted by atomic mass is 9.76. The number of hydrogen-bond donors (Lipinski definition) is 1. The standard InChI is InChI=1S/C13H27NO3/c1-15-8-3-4-13(5-9-17-10-6-13)12-14-7-11-16-2/h14H,3-12H2,1-2H3. The molecule has 0 amide bonds. The van der Waals surface area contributed by atoms with Crippen LogP contribution in [0.15, 0.2) is 0 Å². The van der Waals surface area contributed by atoms with E-state index in [0.717, 1.165) is 58.8 Å². The van der Waals surface area contributed by atoms with Crippen LogP contribution in [0.5, 0.6) is 0 Å². The molecule has 1 rings (SSSR count). The van der Waals surface area contributed by atoms with Gasteiger partial charge < -0.3 is 19.5 Å². The van der Waals surface area contributed by atoms with Crippen LogP contribution in [0.3, 0.4) is 0 Å². The minimum absolute atomic E-state index is 0.407. The normalized spacial score (nSPS) is 19.4. The fourth-order valence-corrected chi connectivity index (χ4v) is 2.44. The maximum absolute atomic E-state index is 5.47. The molecule has 0 aromatic heterocycles. The van der Waals surface area contributed by atoms with E-state index >= 15 is 0 Å². The minimum atomic E-state index is 0.407. The van der Waals surface area contributed by atoms with E-state index in [4.69, 9.17) is 14.2 Å². The van der Waals surface area contributed by atoms with Crippen LogP contribution in [0.25, 0.3) is 0 Å². The molecule has 0 aliphatic carbocycles. The molecule has 1 heterocycles. The van der Waals surface area contributed by atoms with Crippen molar-refractivity contribution in [2.75, 3.05) is 53.7 Å². The van der Waals surface area contributed by atoms with Crippen LogP contribution >= 0.6 is 0 Å². The number of nitrogens with one attached hydrogen (secondary N) is 1. The number of hydrogen-bond acceptors (Lipinski definition) is 4. The first kappa shape index (κ1) is 14.9. The molecule has 0 unspecified atom stereocenters. The Morgan fingerprint density at radius 2 is 1.82 bits per heavy atom. The van der Waals surface area contributed by atoms with E-state index in [-0.39, 0.29) is 0 Å². The molecule has 0 atom stereocenters. The van der Waals surface area contributed by atoms with Crippen molar-refractivity contribution in [3.8, 4) is 0 Å². The van der Waals surface area contributed by atoms with E-state index in [1.807, 2.05) is 0 Å². The second kappa shape index (κ2) is 8.86. The highest BCUT2D eigenvalue weighted by Gasteiger charge is 2.31. The summed E-state index contributed by atoms with van der Waals surface area (Å²) in [6, 6.07) is 0. The van der Waals surface area contributed by atoms with Gasteiger partial charge in [-0.05, 0) is 31.1 Å². The zero-order valence-corrected chi connectivity index (χ0v) is 11.3. The van der Waals surface area contributed by atoms with Crippen molar-refractivity contribution >= 4 is 0 Å². The Bertz CT molecular complexity index is 182. The number of ether oxygens (including phenoxy) is 3. The van der Waals surface area contributed by atoms with E-state index in [9.17, 15) is 0 Å². The van der Waals surface area contributed by atoms with Crippen LogP contribution in [0, 0.1) is 5.41 Å². The van der Waals surface area contributed by atoms with Gasteiger partial charge in [0.25, 0.3) is 0 Å². The molecule has 102 valence electrons. The van der Waals surface area contributed by atoms with Crippen molar-refractivity contribution in [3.63, 3.8) is 0 Å². The molecule has 0 spiro atoms. The third kappa shape index (κ3) is 5.82.